The highest BCUT2D eigenvalue weighted by atomic mass is 35.5. The van der Waals surface area contributed by atoms with Crippen LogP contribution in [0.15, 0.2) is 17.1 Å². The van der Waals surface area contributed by atoms with Crippen molar-refractivity contribution < 1.29 is 4.79 Å². The van der Waals surface area contributed by atoms with Gasteiger partial charge < -0.3 is 11.5 Å². The maximum Gasteiger partial charge on any atom is 0.318 e. The van der Waals surface area contributed by atoms with Crippen LogP contribution in [0, 0.1) is 0 Å². The summed E-state index contributed by atoms with van der Waals surface area (Å²) in [4.78, 5) is 14.3. The van der Waals surface area contributed by atoms with Gasteiger partial charge >= 0.3 is 6.03 Å². The van der Waals surface area contributed by atoms with E-state index in [4.69, 9.17) is 46.3 Å². The SMILES string of the molecule is NC(=O)NC(N)=Nc1cc(Cl)c(Cl)cc1Cl. The number of carbonyl (C=O) groups is 1. The van der Waals surface area contributed by atoms with Crippen LogP contribution in [0.5, 0.6) is 0 Å². The molecule has 0 saturated carbocycles. The smallest absolute Gasteiger partial charge is 0.318 e. The van der Waals surface area contributed by atoms with Crippen LogP contribution >= 0.6 is 34.8 Å². The Morgan fingerprint density at radius 1 is 1.12 bits per heavy atom. The third kappa shape index (κ3) is 3.44. The molecule has 0 heterocycles. The Morgan fingerprint density at radius 3 is 2.25 bits per heavy atom. The molecule has 0 aliphatic rings. The van der Waals surface area contributed by atoms with E-state index in [-0.39, 0.29) is 21.7 Å². The third-order valence-corrected chi connectivity index (χ3v) is 2.51. The normalized spacial score (nSPS) is 11.3. The topological polar surface area (TPSA) is 93.5 Å². The summed E-state index contributed by atoms with van der Waals surface area (Å²) < 4.78 is 0. The quantitative estimate of drug-likeness (QED) is 0.418. The van der Waals surface area contributed by atoms with Crippen LogP contribution in [-0.2, 0) is 0 Å². The van der Waals surface area contributed by atoms with Crippen molar-refractivity contribution in [3.8, 4) is 0 Å². The number of nitrogens with two attached hydrogens (primary N) is 2. The monoisotopic (exact) mass is 280 g/mol. The predicted octanol–water partition coefficient (Wildman–Crippen LogP) is 2.26. The second kappa shape index (κ2) is 5.25. The van der Waals surface area contributed by atoms with Crippen molar-refractivity contribution in [2.24, 2.45) is 16.5 Å². The fourth-order valence-electron chi connectivity index (χ4n) is 0.882. The summed E-state index contributed by atoms with van der Waals surface area (Å²) in [5.74, 6) is -0.187. The van der Waals surface area contributed by atoms with Crippen molar-refractivity contribution in [1.29, 1.82) is 0 Å². The highest BCUT2D eigenvalue weighted by molar-refractivity contribution is 6.44. The Morgan fingerprint density at radius 2 is 1.69 bits per heavy atom. The molecule has 16 heavy (non-hydrogen) atoms. The lowest BCUT2D eigenvalue weighted by Crippen LogP contribution is -2.39. The Balaban J connectivity index is 3.05. The van der Waals surface area contributed by atoms with E-state index in [9.17, 15) is 4.79 Å². The summed E-state index contributed by atoms with van der Waals surface area (Å²) in [6.45, 7) is 0. The molecule has 0 aliphatic carbocycles. The van der Waals surface area contributed by atoms with Crippen molar-refractivity contribution in [2.45, 2.75) is 0 Å². The first-order valence-corrected chi connectivity index (χ1v) is 5.08. The Bertz CT molecular complexity index is 461. The van der Waals surface area contributed by atoms with E-state index >= 15 is 0 Å². The van der Waals surface area contributed by atoms with Gasteiger partial charge in [-0.2, -0.15) is 0 Å². The molecular weight excluding hydrogens is 274 g/mol. The molecule has 0 aliphatic heterocycles. The van der Waals surface area contributed by atoms with Gasteiger partial charge in [-0.1, -0.05) is 34.8 Å². The fourth-order valence-corrected chi connectivity index (χ4v) is 1.47. The van der Waals surface area contributed by atoms with Gasteiger partial charge in [0.2, 0.25) is 5.96 Å². The van der Waals surface area contributed by atoms with Gasteiger partial charge in [0.05, 0.1) is 20.8 Å². The van der Waals surface area contributed by atoms with Crippen LogP contribution in [0.25, 0.3) is 0 Å². The maximum atomic E-state index is 10.5. The highest BCUT2D eigenvalue weighted by Gasteiger charge is 2.06. The van der Waals surface area contributed by atoms with Crippen molar-refractivity contribution in [2.75, 3.05) is 0 Å². The summed E-state index contributed by atoms with van der Waals surface area (Å²) in [5.41, 5.74) is 10.5. The number of primary amides is 1. The number of hydrogen-bond acceptors (Lipinski definition) is 2. The summed E-state index contributed by atoms with van der Waals surface area (Å²) in [6.07, 6.45) is 0. The lowest BCUT2D eigenvalue weighted by atomic mass is 10.3. The molecule has 0 aromatic heterocycles. The van der Waals surface area contributed by atoms with E-state index in [2.05, 4.69) is 10.3 Å². The second-order valence-corrected chi connectivity index (χ2v) is 3.93. The molecule has 8 heteroatoms. The molecule has 0 radical (unpaired) electrons. The minimum absolute atomic E-state index is 0.187. The number of hydrogen-bond donors (Lipinski definition) is 3. The molecule has 0 atom stereocenters. The summed E-state index contributed by atoms with van der Waals surface area (Å²) in [5, 5.41) is 2.91. The fraction of sp³-hybridized carbons (Fsp3) is 0. The molecule has 86 valence electrons. The van der Waals surface area contributed by atoms with E-state index in [1.807, 2.05) is 0 Å². The van der Waals surface area contributed by atoms with Gasteiger partial charge in [0, 0.05) is 0 Å². The molecule has 1 aromatic carbocycles. The number of rotatable bonds is 1. The van der Waals surface area contributed by atoms with Crippen LogP contribution in [-0.4, -0.2) is 12.0 Å². The van der Waals surface area contributed by atoms with Crippen LogP contribution < -0.4 is 16.8 Å². The van der Waals surface area contributed by atoms with Crippen LogP contribution in [0.1, 0.15) is 0 Å². The predicted molar refractivity (Wildman–Crippen MR) is 65.5 cm³/mol. The number of amides is 2. The molecule has 0 saturated heterocycles. The summed E-state index contributed by atoms with van der Waals surface area (Å²) in [6, 6.07) is 2.02. The Hall–Kier alpha value is -1.17. The van der Waals surface area contributed by atoms with E-state index in [0.717, 1.165) is 0 Å². The second-order valence-electron chi connectivity index (χ2n) is 2.70. The average molecular weight is 282 g/mol. The molecule has 0 spiro atoms. The molecule has 0 bridgehead atoms. The Labute approximate surface area is 106 Å². The van der Waals surface area contributed by atoms with Crippen LogP contribution in [0.4, 0.5) is 10.5 Å². The van der Waals surface area contributed by atoms with Gasteiger partial charge in [0.1, 0.15) is 0 Å². The van der Waals surface area contributed by atoms with E-state index in [1.165, 1.54) is 12.1 Å². The Kier molecular flexibility index (Phi) is 4.23. The minimum Gasteiger partial charge on any atom is -0.369 e. The molecule has 5 N–H and O–H groups in total. The van der Waals surface area contributed by atoms with Gasteiger partial charge in [0.25, 0.3) is 0 Å². The van der Waals surface area contributed by atoms with Gasteiger partial charge in [-0.25, -0.2) is 9.79 Å². The van der Waals surface area contributed by atoms with Gasteiger partial charge in [0.15, 0.2) is 0 Å². The lowest BCUT2D eigenvalue weighted by Gasteiger charge is -2.03. The maximum absolute atomic E-state index is 10.5. The highest BCUT2D eigenvalue weighted by Crippen LogP contribution is 2.33. The number of urea groups is 1. The molecule has 0 fully saturated rings. The van der Waals surface area contributed by atoms with E-state index in [1.54, 1.807) is 0 Å². The van der Waals surface area contributed by atoms with Crippen LogP contribution in [0.2, 0.25) is 15.1 Å². The minimum atomic E-state index is -0.822. The largest absolute Gasteiger partial charge is 0.369 e. The van der Waals surface area contributed by atoms with E-state index < -0.39 is 6.03 Å². The molecule has 0 unspecified atom stereocenters. The molecular formula is C8H7Cl3N4O. The van der Waals surface area contributed by atoms with E-state index in [0.29, 0.717) is 5.02 Å². The average Bonchev–Trinajstić information content (AvgIpc) is 2.12. The summed E-state index contributed by atoms with van der Waals surface area (Å²) in [7, 11) is 0. The number of carbonyl (C=O) groups excluding carboxylic acids is 1. The van der Waals surface area contributed by atoms with Gasteiger partial charge in [-0.05, 0) is 12.1 Å². The van der Waals surface area contributed by atoms with Gasteiger partial charge in [-0.3, -0.25) is 5.32 Å². The first kappa shape index (κ1) is 12.9. The molecule has 5 nitrogen and oxygen atoms in total. The molecule has 2 amide bonds. The summed E-state index contributed by atoms with van der Waals surface area (Å²) >= 11 is 17.3. The third-order valence-electron chi connectivity index (χ3n) is 1.48. The standard InChI is InChI=1S/C8H7Cl3N4O/c9-3-1-5(11)6(2-4(3)10)14-7(12)15-8(13)16/h1-2H,(H5,12,13,14,15,16). The zero-order chi connectivity index (χ0) is 12.3. The number of benzene rings is 1. The van der Waals surface area contributed by atoms with Gasteiger partial charge in [-0.15, -0.1) is 0 Å². The zero-order valence-corrected chi connectivity index (χ0v) is 10.1. The number of nitrogens with zero attached hydrogens (tertiary/aromatic N) is 1. The number of aliphatic imine (C=N–C) groups is 1. The van der Waals surface area contributed by atoms with Crippen molar-refractivity contribution in [3.05, 3.63) is 27.2 Å². The number of guanidine groups is 1. The first-order valence-electron chi connectivity index (χ1n) is 3.95. The van der Waals surface area contributed by atoms with Crippen LogP contribution in [0.3, 0.4) is 0 Å². The zero-order valence-electron chi connectivity index (χ0n) is 7.80. The lowest BCUT2D eigenvalue weighted by molar-refractivity contribution is 0.253. The van der Waals surface area contributed by atoms with Crippen molar-refractivity contribution in [3.63, 3.8) is 0 Å². The van der Waals surface area contributed by atoms with Crippen molar-refractivity contribution in [1.82, 2.24) is 5.32 Å². The molecule has 1 aromatic rings. The number of nitrogens with one attached hydrogen (secondary N) is 1. The van der Waals surface area contributed by atoms with Crippen molar-refractivity contribution >= 4 is 52.5 Å². The number of halogens is 3. The molecule has 1 rings (SSSR count). The first-order chi connectivity index (χ1) is 7.40.